The number of nitrogens with zero attached hydrogens (tertiary/aromatic N) is 1. The third-order valence-corrected chi connectivity index (χ3v) is 2.29. The molecule has 14 heavy (non-hydrogen) atoms. The first-order valence-electron chi connectivity index (χ1n) is 4.68. The fourth-order valence-corrected chi connectivity index (χ4v) is 1.36. The Morgan fingerprint density at radius 2 is 2.29 bits per heavy atom. The van der Waals surface area contributed by atoms with E-state index in [4.69, 9.17) is 10.00 Å². The van der Waals surface area contributed by atoms with Crippen LogP contribution in [0.15, 0.2) is 18.2 Å². The van der Waals surface area contributed by atoms with Crippen LogP contribution in [0.25, 0.3) is 0 Å². The number of rotatable bonds is 2. The summed E-state index contributed by atoms with van der Waals surface area (Å²) >= 11 is 0. The summed E-state index contributed by atoms with van der Waals surface area (Å²) in [7, 11) is 0. The zero-order valence-electron chi connectivity index (χ0n) is 8.08. The molecule has 0 bridgehead atoms. The van der Waals surface area contributed by atoms with Gasteiger partial charge >= 0.3 is 0 Å². The van der Waals surface area contributed by atoms with Crippen LogP contribution in [0, 0.1) is 18.3 Å². The van der Waals surface area contributed by atoms with Crippen LogP contribution in [0.5, 0.6) is 5.75 Å². The normalized spacial score (nSPS) is 15.7. The first-order chi connectivity index (χ1) is 6.79. The molecule has 0 spiro atoms. The van der Waals surface area contributed by atoms with Crippen LogP contribution in [0.2, 0.25) is 0 Å². The SMILES string of the molecule is Cc1ccc(OC2CNC2)c(C#N)c1. The van der Waals surface area contributed by atoms with Crippen molar-refractivity contribution in [2.75, 3.05) is 13.1 Å². The van der Waals surface area contributed by atoms with E-state index in [2.05, 4.69) is 11.4 Å². The molecule has 1 aliphatic rings. The van der Waals surface area contributed by atoms with Crippen molar-refractivity contribution in [1.82, 2.24) is 5.32 Å². The molecule has 0 atom stereocenters. The van der Waals surface area contributed by atoms with E-state index in [0.29, 0.717) is 11.3 Å². The van der Waals surface area contributed by atoms with Gasteiger partial charge in [-0.25, -0.2) is 0 Å². The van der Waals surface area contributed by atoms with Crippen LogP contribution < -0.4 is 10.1 Å². The standard InChI is InChI=1S/C11H12N2O/c1-8-2-3-11(9(4-8)5-12)14-10-6-13-7-10/h2-4,10,13H,6-7H2,1H3. The van der Waals surface area contributed by atoms with Crippen LogP contribution in [0.4, 0.5) is 0 Å². The van der Waals surface area contributed by atoms with Crippen molar-refractivity contribution in [1.29, 1.82) is 5.26 Å². The molecule has 1 aromatic carbocycles. The van der Waals surface area contributed by atoms with Gasteiger partial charge in [-0.15, -0.1) is 0 Å². The Morgan fingerprint density at radius 3 is 2.86 bits per heavy atom. The quantitative estimate of drug-likeness (QED) is 0.759. The number of ether oxygens (including phenoxy) is 1. The Kier molecular flexibility index (Phi) is 2.38. The number of aryl methyl sites for hydroxylation is 1. The molecule has 0 unspecified atom stereocenters. The van der Waals surface area contributed by atoms with Crippen LogP contribution in [-0.4, -0.2) is 19.2 Å². The second-order valence-electron chi connectivity index (χ2n) is 3.51. The smallest absolute Gasteiger partial charge is 0.137 e. The van der Waals surface area contributed by atoms with Gasteiger partial charge in [0.25, 0.3) is 0 Å². The third-order valence-electron chi connectivity index (χ3n) is 2.29. The fraction of sp³-hybridized carbons (Fsp3) is 0.364. The second kappa shape index (κ2) is 3.69. The number of hydrogen-bond donors (Lipinski definition) is 1. The number of nitrogens with one attached hydrogen (secondary N) is 1. The number of nitriles is 1. The van der Waals surface area contributed by atoms with E-state index >= 15 is 0 Å². The zero-order valence-corrected chi connectivity index (χ0v) is 8.08. The highest BCUT2D eigenvalue weighted by atomic mass is 16.5. The Morgan fingerprint density at radius 1 is 1.50 bits per heavy atom. The van der Waals surface area contributed by atoms with Crippen molar-refractivity contribution < 1.29 is 4.74 Å². The molecule has 2 rings (SSSR count). The molecule has 1 aliphatic heterocycles. The molecule has 1 heterocycles. The molecule has 1 aromatic rings. The summed E-state index contributed by atoms with van der Waals surface area (Å²) < 4.78 is 5.64. The van der Waals surface area contributed by atoms with E-state index < -0.39 is 0 Å². The molecule has 3 nitrogen and oxygen atoms in total. The van der Waals surface area contributed by atoms with Gasteiger partial charge in [0.2, 0.25) is 0 Å². The number of benzene rings is 1. The highest BCUT2D eigenvalue weighted by molar-refractivity contribution is 5.45. The van der Waals surface area contributed by atoms with Crippen molar-refractivity contribution in [3.8, 4) is 11.8 Å². The molecule has 0 saturated carbocycles. The molecule has 1 saturated heterocycles. The maximum Gasteiger partial charge on any atom is 0.137 e. The molecular weight excluding hydrogens is 176 g/mol. The van der Waals surface area contributed by atoms with Gasteiger partial charge in [0, 0.05) is 13.1 Å². The van der Waals surface area contributed by atoms with Gasteiger partial charge in [-0.2, -0.15) is 5.26 Å². The Bertz CT molecular complexity index is 377. The predicted molar refractivity (Wildman–Crippen MR) is 53.2 cm³/mol. The van der Waals surface area contributed by atoms with Crippen LogP contribution in [0.1, 0.15) is 11.1 Å². The first kappa shape index (κ1) is 9.04. The van der Waals surface area contributed by atoms with E-state index in [1.54, 1.807) is 0 Å². The minimum absolute atomic E-state index is 0.227. The molecule has 72 valence electrons. The van der Waals surface area contributed by atoms with E-state index in [1.807, 2.05) is 25.1 Å². The van der Waals surface area contributed by atoms with E-state index in [9.17, 15) is 0 Å². The van der Waals surface area contributed by atoms with Crippen LogP contribution >= 0.6 is 0 Å². The minimum Gasteiger partial charge on any atom is -0.486 e. The first-order valence-corrected chi connectivity index (χ1v) is 4.68. The molecule has 1 N–H and O–H groups in total. The molecule has 1 fully saturated rings. The summed E-state index contributed by atoms with van der Waals surface area (Å²) in [4.78, 5) is 0. The highest BCUT2D eigenvalue weighted by Crippen LogP contribution is 2.20. The topological polar surface area (TPSA) is 45.0 Å². The van der Waals surface area contributed by atoms with Gasteiger partial charge in [-0.05, 0) is 24.6 Å². The van der Waals surface area contributed by atoms with Gasteiger partial charge in [0.1, 0.15) is 17.9 Å². The summed E-state index contributed by atoms with van der Waals surface area (Å²) in [6.07, 6.45) is 0.227. The van der Waals surface area contributed by atoms with Gasteiger partial charge in [0.05, 0.1) is 5.56 Å². The van der Waals surface area contributed by atoms with Crippen molar-refractivity contribution in [3.05, 3.63) is 29.3 Å². The second-order valence-corrected chi connectivity index (χ2v) is 3.51. The Labute approximate surface area is 83.3 Å². The largest absolute Gasteiger partial charge is 0.486 e. The predicted octanol–water partition coefficient (Wildman–Crippen LogP) is 1.22. The zero-order chi connectivity index (χ0) is 9.97. The maximum atomic E-state index is 8.90. The Balaban J connectivity index is 2.19. The van der Waals surface area contributed by atoms with E-state index in [1.165, 1.54) is 0 Å². The molecular formula is C11H12N2O. The summed E-state index contributed by atoms with van der Waals surface area (Å²) in [6, 6.07) is 7.82. The fourth-order valence-electron chi connectivity index (χ4n) is 1.36. The lowest BCUT2D eigenvalue weighted by atomic mass is 10.1. The van der Waals surface area contributed by atoms with Crippen molar-refractivity contribution >= 4 is 0 Å². The molecule has 0 radical (unpaired) electrons. The average molecular weight is 188 g/mol. The molecule has 0 aliphatic carbocycles. The van der Waals surface area contributed by atoms with Crippen LogP contribution in [0.3, 0.4) is 0 Å². The molecule has 0 amide bonds. The summed E-state index contributed by atoms with van der Waals surface area (Å²) in [5.74, 6) is 0.699. The van der Waals surface area contributed by atoms with E-state index in [-0.39, 0.29) is 6.10 Å². The lowest BCUT2D eigenvalue weighted by Crippen LogP contribution is -2.50. The highest BCUT2D eigenvalue weighted by Gasteiger charge is 2.19. The Hall–Kier alpha value is -1.53. The van der Waals surface area contributed by atoms with Gasteiger partial charge in [0.15, 0.2) is 0 Å². The van der Waals surface area contributed by atoms with Gasteiger partial charge in [-0.1, -0.05) is 6.07 Å². The maximum absolute atomic E-state index is 8.90. The van der Waals surface area contributed by atoms with Crippen molar-refractivity contribution in [2.24, 2.45) is 0 Å². The minimum atomic E-state index is 0.227. The lowest BCUT2D eigenvalue weighted by molar-refractivity contribution is 0.142. The number of hydrogen-bond acceptors (Lipinski definition) is 3. The summed E-state index contributed by atoms with van der Waals surface area (Å²) in [5, 5.41) is 12.0. The van der Waals surface area contributed by atoms with Crippen LogP contribution in [-0.2, 0) is 0 Å². The van der Waals surface area contributed by atoms with Crippen molar-refractivity contribution in [2.45, 2.75) is 13.0 Å². The van der Waals surface area contributed by atoms with E-state index in [0.717, 1.165) is 18.7 Å². The monoisotopic (exact) mass is 188 g/mol. The molecule has 0 aromatic heterocycles. The van der Waals surface area contributed by atoms with Crippen molar-refractivity contribution in [3.63, 3.8) is 0 Å². The molecule has 3 heteroatoms. The summed E-state index contributed by atoms with van der Waals surface area (Å²) in [5.41, 5.74) is 1.71. The van der Waals surface area contributed by atoms with Gasteiger partial charge in [-0.3, -0.25) is 0 Å². The average Bonchev–Trinajstić information content (AvgIpc) is 2.13. The van der Waals surface area contributed by atoms with Gasteiger partial charge < -0.3 is 10.1 Å². The third kappa shape index (κ3) is 1.70. The summed E-state index contributed by atoms with van der Waals surface area (Å²) in [6.45, 7) is 3.72. The lowest BCUT2D eigenvalue weighted by Gasteiger charge is -2.28.